The topological polar surface area (TPSA) is 94.6 Å². The number of benzene rings is 2. The molecule has 3 rings (SSSR count). The summed E-state index contributed by atoms with van der Waals surface area (Å²) in [4.78, 5) is 46.2. The molecule has 0 saturated carbocycles. The van der Waals surface area contributed by atoms with Gasteiger partial charge in [-0.3, -0.25) is 19.3 Å². The van der Waals surface area contributed by atoms with Gasteiger partial charge in [-0.15, -0.1) is 0 Å². The lowest BCUT2D eigenvalue weighted by atomic mass is 9.93. The minimum absolute atomic E-state index is 0.0266. The van der Waals surface area contributed by atoms with E-state index in [0.29, 0.717) is 39.9 Å². The van der Waals surface area contributed by atoms with Gasteiger partial charge in [-0.25, -0.2) is 4.98 Å². The summed E-state index contributed by atoms with van der Waals surface area (Å²) in [5.41, 5.74) is 2.63. The summed E-state index contributed by atoms with van der Waals surface area (Å²) in [5, 5.41) is 6.00. The molecule has 0 unspecified atom stereocenters. The summed E-state index contributed by atoms with van der Waals surface area (Å²) in [6.07, 6.45) is 3.56. The zero-order chi connectivity index (χ0) is 26.9. The lowest BCUT2D eigenvalue weighted by molar-refractivity contribution is -0.119. The Bertz CT molecular complexity index is 1250. The van der Waals surface area contributed by atoms with Crippen molar-refractivity contribution < 1.29 is 14.4 Å². The molecule has 0 saturated heterocycles. The van der Waals surface area contributed by atoms with Crippen LogP contribution in [-0.2, 0) is 4.79 Å². The molecule has 0 spiro atoms. The first-order chi connectivity index (χ1) is 17.7. The maximum Gasteiger partial charge on any atom is 0.258 e. The molecule has 0 aliphatic carbocycles. The Labute approximate surface area is 223 Å². The van der Waals surface area contributed by atoms with Gasteiger partial charge in [0.1, 0.15) is 13.7 Å². The number of likely N-dealkylation sites (N-methyl/N-ethyl adjacent to an activating group) is 2. The van der Waals surface area contributed by atoms with Crippen molar-refractivity contribution in [3.05, 3.63) is 76.9 Å². The standard InChI is InChI=1S/C27H31BClN5O3/c1-4-5-14-33(2)17-25(35)34(3)21-10-6-18(7-11-21)26(36)31-23-12-8-19(28)15-22(23)27(37)32-24-13-9-20(29)16-30-24/h6-13,15-16H,4-5,14,17,28H2,1-3H3,(H,31,36)(H,30,32,37). The number of hydrogen-bond donors (Lipinski definition) is 2. The smallest absolute Gasteiger partial charge is 0.258 e. The zero-order valence-electron chi connectivity index (χ0n) is 21.5. The third kappa shape index (κ3) is 7.90. The number of nitrogens with one attached hydrogen (secondary N) is 2. The minimum atomic E-state index is -0.409. The molecule has 0 aliphatic heterocycles. The van der Waals surface area contributed by atoms with E-state index in [4.69, 9.17) is 11.6 Å². The van der Waals surface area contributed by atoms with Crippen LogP contribution in [0, 0.1) is 0 Å². The highest BCUT2D eigenvalue weighted by molar-refractivity contribution is 6.33. The van der Waals surface area contributed by atoms with E-state index in [-0.39, 0.29) is 11.8 Å². The Hall–Kier alpha value is -3.69. The van der Waals surface area contributed by atoms with E-state index in [9.17, 15) is 14.4 Å². The van der Waals surface area contributed by atoms with Crippen molar-refractivity contribution in [1.82, 2.24) is 9.88 Å². The Kier molecular flexibility index (Phi) is 9.82. The molecular formula is C27H31BClN5O3. The average Bonchev–Trinajstić information content (AvgIpc) is 2.89. The highest BCUT2D eigenvalue weighted by atomic mass is 35.5. The van der Waals surface area contributed by atoms with E-state index in [0.717, 1.165) is 24.8 Å². The second-order valence-electron chi connectivity index (χ2n) is 8.91. The van der Waals surface area contributed by atoms with Crippen molar-refractivity contribution in [2.24, 2.45) is 0 Å². The second kappa shape index (κ2) is 13.0. The summed E-state index contributed by atoms with van der Waals surface area (Å²) in [7, 11) is 5.51. The van der Waals surface area contributed by atoms with Gasteiger partial charge in [-0.1, -0.05) is 42.5 Å². The number of rotatable bonds is 10. The molecule has 1 aromatic heterocycles. The Balaban J connectivity index is 1.69. The van der Waals surface area contributed by atoms with Gasteiger partial charge in [0.25, 0.3) is 11.8 Å². The predicted molar refractivity (Wildman–Crippen MR) is 152 cm³/mol. The monoisotopic (exact) mass is 519 g/mol. The Morgan fingerprint density at radius 3 is 2.35 bits per heavy atom. The number of halogens is 1. The van der Waals surface area contributed by atoms with Gasteiger partial charge in [0.05, 0.1) is 22.8 Å². The van der Waals surface area contributed by atoms with E-state index in [1.54, 1.807) is 60.5 Å². The Morgan fingerprint density at radius 2 is 1.70 bits per heavy atom. The van der Waals surface area contributed by atoms with Crippen molar-refractivity contribution in [2.45, 2.75) is 19.8 Å². The molecule has 2 aromatic carbocycles. The van der Waals surface area contributed by atoms with E-state index in [2.05, 4.69) is 22.5 Å². The SMILES string of the molecule is Bc1ccc(NC(=O)c2ccc(N(C)C(=O)CN(C)CCCC)cc2)c(C(=O)Nc2ccc(Cl)cn2)c1. The van der Waals surface area contributed by atoms with Crippen LogP contribution in [0.4, 0.5) is 17.2 Å². The number of pyridine rings is 1. The quantitative estimate of drug-likeness (QED) is 0.401. The fraction of sp³-hybridized carbons (Fsp3) is 0.259. The predicted octanol–water partition coefficient (Wildman–Crippen LogP) is 3.19. The Morgan fingerprint density at radius 1 is 0.973 bits per heavy atom. The van der Waals surface area contributed by atoms with Gasteiger partial charge in [-0.05, 0) is 62.5 Å². The molecule has 0 radical (unpaired) electrons. The molecule has 0 fully saturated rings. The van der Waals surface area contributed by atoms with Gasteiger partial charge < -0.3 is 15.5 Å². The molecule has 37 heavy (non-hydrogen) atoms. The number of nitrogens with zero attached hydrogens (tertiary/aromatic N) is 3. The number of aromatic nitrogens is 1. The van der Waals surface area contributed by atoms with Gasteiger partial charge in [-0.2, -0.15) is 0 Å². The number of carbonyl (C=O) groups is 3. The number of unbranched alkanes of at least 4 members (excludes halogenated alkanes) is 1. The van der Waals surface area contributed by atoms with Gasteiger partial charge >= 0.3 is 0 Å². The van der Waals surface area contributed by atoms with Crippen LogP contribution in [0.15, 0.2) is 60.8 Å². The van der Waals surface area contributed by atoms with E-state index < -0.39 is 5.91 Å². The van der Waals surface area contributed by atoms with Crippen LogP contribution in [0.3, 0.4) is 0 Å². The molecule has 3 aromatic rings. The highest BCUT2D eigenvalue weighted by Crippen LogP contribution is 2.19. The van der Waals surface area contributed by atoms with E-state index in [1.807, 2.05) is 25.9 Å². The molecule has 0 aliphatic rings. The molecule has 10 heteroatoms. The molecule has 0 atom stereocenters. The van der Waals surface area contributed by atoms with Crippen LogP contribution in [0.1, 0.15) is 40.5 Å². The van der Waals surface area contributed by atoms with Gasteiger partial charge in [0.2, 0.25) is 5.91 Å². The van der Waals surface area contributed by atoms with Crippen LogP contribution >= 0.6 is 11.6 Å². The van der Waals surface area contributed by atoms with Crippen molar-refractivity contribution in [3.63, 3.8) is 0 Å². The molecule has 3 amide bonds. The summed E-state index contributed by atoms with van der Waals surface area (Å²) in [6.45, 7) is 3.31. The molecular weight excluding hydrogens is 489 g/mol. The number of anilines is 3. The van der Waals surface area contributed by atoms with Crippen molar-refractivity contribution in [3.8, 4) is 0 Å². The zero-order valence-corrected chi connectivity index (χ0v) is 22.3. The van der Waals surface area contributed by atoms with Crippen LogP contribution in [-0.4, -0.2) is 62.6 Å². The summed E-state index contributed by atoms with van der Waals surface area (Å²) >= 11 is 5.86. The van der Waals surface area contributed by atoms with Crippen LogP contribution < -0.4 is 21.0 Å². The lowest BCUT2D eigenvalue weighted by Gasteiger charge is -2.22. The molecule has 192 valence electrons. The van der Waals surface area contributed by atoms with Crippen LogP contribution in [0.2, 0.25) is 5.02 Å². The van der Waals surface area contributed by atoms with Crippen LogP contribution in [0.25, 0.3) is 0 Å². The number of amides is 3. The largest absolute Gasteiger partial charge is 0.321 e. The lowest BCUT2D eigenvalue weighted by Crippen LogP contribution is -2.37. The first kappa shape index (κ1) is 27.9. The molecule has 2 N–H and O–H groups in total. The number of hydrogen-bond acceptors (Lipinski definition) is 5. The molecule has 0 bridgehead atoms. The second-order valence-corrected chi connectivity index (χ2v) is 9.35. The molecule has 8 nitrogen and oxygen atoms in total. The number of carbonyl (C=O) groups excluding carboxylic acids is 3. The normalized spacial score (nSPS) is 10.7. The minimum Gasteiger partial charge on any atom is -0.321 e. The summed E-state index contributed by atoms with van der Waals surface area (Å²) in [5.74, 6) is -0.462. The fourth-order valence-corrected chi connectivity index (χ4v) is 3.72. The van der Waals surface area contributed by atoms with Crippen molar-refractivity contribution in [1.29, 1.82) is 0 Å². The van der Waals surface area contributed by atoms with E-state index in [1.165, 1.54) is 6.20 Å². The fourth-order valence-electron chi connectivity index (χ4n) is 3.61. The average molecular weight is 520 g/mol. The molecule has 1 heterocycles. The highest BCUT2D eigenvalue weighted by Gasteiger charge is 2.17. The van der Waals surface area contributed by atoms with Crippen molar-refractivity contribution >= 4 is 59.8 Å². The third-order valence-corrected chi connectivity index (χ3v) is 6.05. The van der Waals surface area contributed by atoms with Crippen LogP contribution in [0.5, 0.6) is 0 Å². The maximum atomic E-state index is 13.0. The van der Waals surface area contributed by atoms with E-state index >= 15 is 0 Å². The summed E-state index contributed by atoms with van der Waals surface area (Å²) in [6, 6.07) is 15.2. The first-order valence-electron chi connectivity index (χ1n) is 12.1. The van der Waals surface area contributed by atoms with Crippen molar-refractivity contribution in [2.75, 3.05) is 42.7 Å². The van der Waals surface area contributed by atoms with Gasteiger partial charge in [0, 0.05) is 24.5 Å². The summed E-state index contributed by atoms with van der Waals surface area (Å²) < 4.78 is 0. The van der Waals surface area contributed by atoms with Gasteiger partial charge in [0.15, 0.2) is 0 Å². The maximum absolute atomic E-state index is 13.0. The first-order valence-corrected chi connectivity index (χ1v) is 12.5. The third-order valence-electron chi connectivity index (χ3n) is 5.83.